The van der Waals surface area contributed by atoms with Crippen LogP contribution in [0.2, 0.25) is 0 Å². The van der Waals surface area contributed by atoms with E-state index in [0.29, 0.717) is 5.92 Å². The van der Waals surface area contributed by atoms with E-state index >= 15 is 0 Å². The summed E-state index contributed by atoms with van der Waals surface area (Å²) < 4.78 is 5.30. The van der Waals surface area contributed by atoms with Gasteiger partial charge in [-0.25, -0.2) is 5.84 Å². The van der Waals surface area contributed by atoms with E-state index < -0.39 is 0 Å². The molecule has 0 radical (unpaired) electrons. The first-order valence-electron chi connectivity index (χ1n) is 5.87. The standard InChI is InChI=1S/C11H22N2O2/c1-2-3-4-10(11(14)13-12)9-5-7-15-8-6-9/h9-10H,2-8,12H2,1H3,(H,13,14). The number of hydrogen-bond donors (Lipinski definition) is 2. The number of hydrogen-bond acceptors (Lipinski definition) is 3. The first-order chi connectivity index (χ1) is 7.29. The first kappa shape index (κ1) is 12.5. The third kappa shape index (κ3) is 3.80. The molecule has 1 rings (SSSR count). The lowest BCUT2D eigenvalue weighted by Gasteiger charge is -2.28. The smallest absolute Gasteiger partial charge is 0.237 e. The molecule has 0 aromatic rings. The van der Waals surface area contributed by atoms with Crippen molar-refractivity contribution in [2.45, 2.75) is 39.0 Å². The first-order valence-corrected chi connectivity index (χ1v) is 5.87. The van der Waals surface area contributed by atoms with Crippen molar-refractivity contribution >= 4 is 5.91 Å². The minimum absolute atomic E-state index is 0.00431. The molecule has 1 heterocycles. The zero-order chi connectivity index (χ0) is 11.1. The molecule has 4 nitrogen and oxygen atoms in total. The van der Waals surface area contributed by atoms with E-state index in [1.54, 1.807) is 0 Å². The Balaban J connectivity index is 2.49. The molecule has 1 aliphatic rings. The molecular formula is C11H22N2O2. The summed E-state index contributed by atoms with van der Waals surface area (Å²) in [6.07, 6.45) is 5.14. The van der Waals surface area contributed by atoms with Gasteiger partial charge in [0.25, 0.3) is 0 Å². The summed E-state index contributed by atoms with van der Waals surface area (Å²) >= 11 is 0. The highest BCUT2D eigenvalue weighted by atomic mass is 16.5. The van der Waals surface area contributed by atoms with Crippen LogP contribution in [0.25, 0.3) is 0 Å². The van der Waals surface area contributed by atoms with E-state index in [0.717, 1.165) is 45.3 Å². The fraction of sp³-hybridized carbons (Fsp3) is 0.909. The van der Waals surface area contributed by atoms with Gasteiger partial charge in [-0.15, -0.1) is 0 Å². The third-order valence-corrected chi connectivity index (χ3v) is 3.18. The van der Waals surface area contributed by atoms with Crippen LogP contribution in [-0.2, 0) is 9.53 Å². The zero-order valence-corrected chi connectivity index (χ0v) is 9.50. The summed E-state index contributed by atoms with van der Waals surface area (Å²) in [5, 5.41) is 0. The van der Waals surface area contributed by atoms with E-state index in [1.165, 1.54) is 0 Å². The number of rotatable bonds is 5. The van der Waals surface area contributed by atoms with Gasteiger partial charge in [-0.1, -0.05) is 19.8 Å². The van der Waals surface area contributed by atoms with Crippen molar-refractivity contribution in [2.24, 2.45) is 17.7 Å². The number of amides is 1. The van der Waals surface area contributed by atoms with E-state index in [-0.39, 0.29) is 11.8 Å². The average Bonchev–Trinajstić information content (AvgIpc) is 2.30. The Kier molecular flexibility index (Phi) is 5.65. The predicted molar refractivity (Wildman–Crippen MR) is 58.9 cm³/mol. The van der Waals surface area contributed by atoms with Gasteiger partial charge in [-0.3, -0.25) is 10.2 Å². The van der Waals surface area contributed by atoms with Crippen LogP contribution in [0.5, 0.6) is 0 Å². The molecule has 1 aliphatic heterocycles. The number of unbranched alkanes of at least 4 members (excludes halogenated alkanes) is 1. The lowest BCUT2D eigenvalue weighted by atomic mass is 9.82. The molecule has 0 bridgehead atoms. The largest absolute Gasteiger partial charge is 0.381 e. The minimum Gasteiger partial charge on any atom is -0.381 e. The highest BCUT2D eigenvalue weighted by molar-refractivity contribution is 5.78. The van der Waals surface area contributed by atoms with Crippen LogP contribution in [0.1, 0.15) is 39.0 Å². The fourth-order valence-electron chi connectivity index (χ4n) is 2.23. The average molecular weight is 214 g/mol. The minimum atomic E-state index is -0.00431. The van der Waals surface area contributed by atoms with Gasteiger partial charge in [0, 0.05) is 19.1 Å². The quantitative estimate of drug-likeness (QED) is 0.411. The van der Waals surface area contributed by atoms with Crippen molar-refractivity contribution in [3.63, 3.8) is 0 Å². The molecule has 0 spiro atoms. The maximum Gasteiger partial charge on any atom is 0.237 e. The molecule has 3 N–H and O–H groups in total. The Morgan fingerprint density at radius 2 is 2.20 bits per heavy atom. The predicted octanol–water partition coefficient (Wildman–Crippen LogP) is 1.21. The second-order valence-corrected chi connectivity index (χ2v) is 4.21. The van der Waals surface area contributed by atoms with Crippen LogP contribution in [0.4, 0.5) is 0 Å². The molecule has 0 aromatic heterocycles. The third-order valence-electron chi connectivity index (χ3n) is 3.18. The second-order valence-electron chi connectivity index (χ2n) is 4.21. The Bertz CT molecular complexity index is 191. The van der Waals surface area contributed by atoms with Crippen LogP contribution in [0.3, 0.4) is 0 Å². The van der Waals surface area contributed by atoms with Crippen molar-refractivity contribution < 1.29 is 9.53 Å². The molecule has 1 unspecified atom stereocenters. The van der Waals surface area contributed by atoms with Gasteiger partial charge in [0.2, 0.25) is 5.91 Å². The van der Waals surface area contributed by atoms with E-state index in [2.05, 4.69) is 12.3 Å². The van der Waals surface area contributed by atoms with Crippen LogP contribution in [0, 0.1) is 11.8 Å². The Hall–Kier alpha value is -0.610. The molecule has 1 amide bonds. The van der Waals surface area contributed by atoms with Gasteiger partial charge < -0.3 is 4.74 Å². The van der Waals surface area contributed by atoms with Gasteiger partial charge in [0.05, 0.1) is 0 Å². The van der Waals surface area contributed by atoms with Crippen LogP contribution in [0.15, 0.2) is 0 Å². The van der Waals surface area contributed by atoms with Gasteiger partial charge >= 0.3 is 0 Å². The highest BCUT2D eigenvalue weighted by Gasteiger charge is 2.28. The normalized spacial score (nSPS) is 19.9. The van der Waals surface area contributed by atoms with E-state index in [9.17, 15) is 4.79 Å². The number of carbonyl (C=O) groups is 1. The van der Waals surface area contributed by atoms with Crippen molar-refractivity contribution in [3.8, 4) is 0 Å². The fourth-order valence-corrected chi connectivity index (χ4v) is 2.23. The molecule has 0 aromatic carbocycles. The molecular weight excluding hydrogens is 192 g/mol. The van der Waals surface area contributed by atoms with E-state index in [1.807, 2.05) is 0 Å². The molecule has 88 valence electrons. The Labute approximate surface area is 91.5 Å². The maximum atomic E-state index is 11.6. The zero-order valence-electron chi connectivity index (χ0n) is 9.50. The number of nitrogens with two attached hydrogens (primary N) is 1. The summed E-state index contributed by atoms with van der Waals surface area (Å²) in [6.45, 7) is 3.71. The molecule has 4 heteroatoms. The molecule has 0 saturated carbocycles. The maximum absolute atomic E-state index is 11.6. The molecule has 0 aliphatic carbocycles. The van der Waals surface area contributed by atoms with Crippen molar-refractivity contribution in [1.82, 2.24) is 5.43 Å². The molecule has 1 atom stereocenters. The van der Waals surface area contributed by atoms with Crippen molar-refractivity contribution in [3.05, 3.63) is 0 Å². The number of hydrazine groups is 1. The monoisotopic (exact) mass is 214 g/mol. The van der Waals surface area contributed by atoms with Crippen LogP contribution < -0.4 is 11.3 Å². The summed E-state index contributed by atoms with van der Waals surface area (Å²) in [5.74, 6) is 5.75. The highest BCUT2D eigenvalue weighted by Crippen LogP contribution is 2.27. The van der Waals surface area contributed by atoms with Gasteiger partial charge in [-0.2, -0.15) is 0 Å². The topological polar surface area (TPSA) is 64.4 Å². The second kappa shape index (κ2) is 6.80. The Morgan fingerprint density at radius 1 is 1.53 bits per heavy atom. The summed E-state index contributed by atoms with van der Waals surface area (Å²) in [7, 11) is 0. The van der Waals surface area contributed by atoms with Crippen molar-refractivity contribution in [1.29, 1.82) is 0 Å². The van der Waals surface area contributed by atoms with Crippen LogP contribution in [-0.4, -0.2) is 19.1 Å². The molecule has 1 saturated heterocycles. The van der Waals surface area contributed by atoms with Gasteiger partial charge in [-0.05, 0) is 25.2 Å². The molecule has 1 fully saturated rings. The number of carbonyl (C=O) groups excluding carboxylic acids is 1. The van der Waals surface area contributed by atoms with Gasteiger partial charge in [0.1, 0.15) is 0 Å². The lowest BCUT2D eigenvalue weighted by molar-refractivity contribution is -0.128. The van der Waals surface area contributed by atoms with E-state index in [4.69, 9.17) is 10.6 Å². The summed E-state index contributed by atoms with van der Waals surface area (Å²) in [4.78, 5) is 11.6. The number of ether oxygens (including phenoxy) is 1. The van der Waals surface area contributed by atoms with Crippen LogP contribution >= 0.6 is 0 Å². The summed E-state index contributed by atoms with van der Waals surface area (Å²) in [6, 6.07) is 0. The summed E-state index contributed by atoms with van der Waals surface area (Å²) in [5.41, 5.74) is 2.29. The Morgan fingerprint density at radius 3 is 2.73 bits per heavy atom. The van der Waals surface area contributed by atoms with Crippen molar-refractivity contribution in [2.75, 3.05) is 13.2 Å². The van der Waals surface area contributed by atoms with Gasteiger partial charge in [0.15, 0.2) is 0 Å². The number of nitrogens with one attached hydrogen (secondary N) is 1. The molecule has 15 heavy (non-hydrogen) atoms. The lowest BCUT2D eigenvalue weighted by Crippen LogP contribution is -2.40. The SMILES string of the molecule is CCCCC(C(=O)NN)C1CCOCC1.